The monoisotopic (exact) mass is 218 g/mol. The van der Waals surface area contributed by atoms with Crippen LogP contribution < -0.4 is 5.43 Å². The molecule has 0 aromatic heterocycles. The normalized spacial score (nSPS) is 18.2. The van der Waals surface area contributed by atoms with Gasteiger partial charge in [-0.2, -0.15) is 0 Å². The van der Waals surface area contributed by atoms with E-state index >= 15 is 0 Å². The van der Waals surface area contributed by atoms with Gasteiger partial charge in [-0.05, 0) is 6.42 Å². The summed E-state index contributed by atoms with van der Waals surface area (Å²) in [5, 5.41) is 2.18. The predicted molar refractivity (Wildman–Crippen MR) is 57.7 cm³/mol. The Kier molecular flexibility index (Phi) is 7.77. The molecular formula is C10H22N2O3. The lowest BCUT2D eigenvalue weighted by atomic mass is 10.5. The smallest absolute Gasteiger partial charge is 0.0608 e. The second-order valence-corrected chi connectivity index (χ2v) is 3.47. The van der Waals surface area contributed by atoms with Crippen LogP contribution in [0.4, 0.5) is 0 Å². The van der Waals surface area contributed by atoms with Gasteiger partial charge < -0.3 is 14.2 Å². The van der Waals surface area contributed by atoms with E-state index in [1.807, 2.05) is 0 Å². The van der Waals surface area contributed by atoms with Crippen LogP contribution in [-0.2, 0) is 14.2 Å². The Morgan fingerprint density at radius 3 is 2.73 bits per heavy atom. The predicted octanol–water partition coefficient (Wildman–Crippen LogP) is -0.124. The lowest BCUT2D eigenvalue weighted by Gasteiger charge is -2.27. The largest absolute Gasteiger partial charge is 0.385 e. The van der Waals surface area contributed by atoms with Crippen molar-refractivity contribution in [1.82, 2.24) is 10.4 Å². The van der Waals surface area contributed by atoms with Gasteiger partial charge in [0.15, 0.2) is 0 Å². The van der Waals surface area contributed by atoms with E-state index in [9.17, 15) is 0 Å². The van der Waals surface area contributed by atoms with Gasteiger partial charge in [-0.3, -0.25) is 5.43 Å². The van der Waals surface area contributed by atoms with Gasteiger partial charge in [-0.1, -0.05) is 0 Å². The van der Waals surface area contributed by atoms with Gasteiger partial charge in [-0.15, -0.1) is 0 Å². The van der Waals surface area contributed by atoms with E-state index in [0.717, 1.165) is 59.1 Å². The summed E-state index contributed by atoms with van der Waals surface area (Å²) in [4.78, 5) is 0. The fourth-order valence-electron chi connectivity index (χ4n) is 1.40. The number of methoxy groups -OCH3 is 1. The molecule has 0 spiro atoms. The summed E-state index contributed by atoms with van der Waals surface area (Å²) in [6.07, 6.45) is 0.966. The highest BCUT2D eigenvalue weighted by molar-refractivity contribution is 4.56. The number of nitrogens with one attached hydrogen (secondary N) is 1. The van der Waals surface area contributed by atoms with Crippen LogP contribution in [0.15, 0.2) is 0 Å². The van der Waals surface area contributed by atoms with Gasteiger partial charge >= 0.3 is 0 Å². The van der Waals surface area contributed by atoms with Crippen LogP contribution in [0, 0.1) is 0 Å². The molecule has 1 rings (SSSR count). The second kappa shape index (κ2) is 9.06. The van der Waals surface area contributed by atoms with Gasteiger partial charge in [0, 0.05) is 40.0 Å². The minimum atomic E-state index is 0.751. The Morgan fingerprint density at radius 2 is 2.00 bits per heavy atom. The first-order chi connectivity index (χ1) is 7.43. The molecule has 1 saturated heterocycles. The van der Waals surface area contributed by atoms with Crippen molar-refractivity contribution in [2.45, 2.75) is 6.42 Å². The summed E-state index contributed by atoms with van der Waals surface area (Å²) >= 11 is 0. The van der Waals surface area contributed by atoms with Crippen LogP contribution in [0.2, 0.25) is 0 Å². The lowest BCUT2D eigenvalue weighted by Crippen LogP contribution is -2.46. The Hall–Kier alpha value is -0.200. The van der Waals surface area contributed by atoms with Crippen molar-refractivity contribution in [2.75, 3.05) is 59.8 Å². The molecule has 5 heteroatoms. The van der Waals surface area contributed by atoms with E-state index in [2.05, 4.69) is 10.4 Å². The standard InChI is InChI=1S/C10H22N2O3/c1-13-6-2-7-14-8-3-11-12-4-9-15-10-5-12/h11H,2-10H2,1H3. The first-order valence-electron chi connectivity index (χ1n) is 5.56. The van der Waals surface area contributed by atoms with Gasteiger partial charge in [0.25, 0.3) is 0 Å². The van der Waals surface area contributed by atoms with Crippen LogP contribution >= 0.6 is 0 Å². The van der Waals surface area contributed by atoms with Crippen molar-refractivity contribution in [1.29, 1.82) is 0 Å². The molecule has 0 amide bonds. The molecule has 0 aliphatic carbocycles. The number of hydrogen-bond donors (Lipinski definition) is 1. The molecule has 1 aliphatic rings. The highest BCUT2D eigenvalue weighted by Crippen LogP contribution is 1.91. The third-order valence-corrected chi connectivity index (χ3v) is 2.23. The van der Waals surface area contributed by atoms with Crippen LogP contribution in [0.5, 0.6) is 0 Å². The van der Waals surface area contributed by atoms with Crippen LogP contribution in [0.25, 0.3) is 0 Å². The zero-order chi connectivity index (χ0) is 10.8. The third kappa shape index (κ3) is 6.81. The Balaban J connectivity index is 1.79. The molecule has 0 unspecified atom stereocenters. The molecule has 5 nitrogen and oxygen atoms in total. The molecule has 15 heavy (non-hydrogen) atoms. The fraction of sp³-hybridized carbons (Fsp3) is 1.00. The number of hydrogen-bond acceptors (Lipinski definition) is 5. The number of morpholine rings is 1. The number of rotatable bonds is 8. The summed E-state index contributed by atoms with van der Waals surface area (Å²) in [6, 6.07) is 0. The Morgan fingerprint density at radius 1 is 1.20 bits per heavy atom. The second-order valence-electron chi connectivity index (χ2n) is 3.47. The van der Waals surface area contributed by atoms with Gasteiger partial charge in [0.05, 0.1) is 19.8 Å². The van der Waals surface area contributed by atoms with Gasteiger partial charge in [-0.25, -0.2) is 5.01 Å². The maximum atomic E-state index is 5.43. The minimum Gasteiger partial charge on any atom is -0.385 e. The molecule has 0 atom stereocenters. The average Bonchev–Trinajstić information content (AvgIpc) is 2.29. The van der Waals surface area contributed by atoms with E-state index in [1.54, 1.807) is 7.11 Å². The highest BCUT2D eigenvalue weighted by atomic mass is 16.5. The van der Waals surface area contributed by atoms with Crippen molar-refractivity contribution in [3.8, 4) is 0 Å². The molecule has 1 fully saturated rings. The Labute approximate surface area is 91.6 Å². The average molecular weight is 218 g/mol. The molecule has 1 aliphatic heterocycles. The van der Waals surface area contributed by atoms with E-state index in [4.69, 9.17) is 14.2 Å². The maximum absolute atomic E-state index is 5.43. The van der Waals surface area contributed by atoms with E-state index in [1.165, 1.54) is 0 Å². The van der Waals surface area contributed by atoms with Crippen LogP contribution in [0.3, 0.4) is 0 Å². The first kappa shape index (κ1) is 12.9. The molecule has 0 bridgehead atoms. The molecule has 0 aromatic carbocycles. The molecule has 0 radical (unpaired) electrons. The van der Waals surface area contributed by atoms with E-state index in [-0.39, 0.29) is 0 Å². The van der Waals surface area contributed by atoms with Crippen LogP contribution in [-0.4, -0.2) is 64.8 Å². The van der Waals surface area contributed by atoms with Crippen molar-refractivity contribution in [3.63, 3.8) is 0 Å². The van der Waals surface area contributed by atoms with Crippen molar-refractivity contribution >= 4 is 0 Å². The summed E-state index contributed by atoms with van der Waals surface area (Å²) in [5.41, 5.74) is 3.31. The summed E-state index contributed by atoms with van der Waals surface area (Å²) in [7, 11) is 1.71. The first-order valence-corrected chi connectivity index (χ1v) is 5.56. The van der Waals surface area contributed by atoms with Crippen LogP contribution in [0.1, 0.15) is 6.42 Å². The van der Waals surface area contributed by atoms with Crippen molar-refractivity contribution in [2.24, 2.45) is 0 Å². The summed E-state index contributed by atoms with van der Waals surface area (Å²) in [5.74, 6) is 0. The van der Waals surface area contributed by atoms with E-state index in [0.29, 0.717) is 0 Å². The zero-order valence-corrected chi connectivity index (χ0v) is 9.54. The number of ether oxygens (including phenoxy) is 3. The lowest BCUT2D eigenvalue weighted by molar-refractivity contribution is 0.00522. The molecule has 0 aromatic rings. The van der Waals surface area contributed by atoms with Crippen molar-refractivity contribution < 1.29 is 14.2 Å². The van der Waals surface area contributed by atoms with Gasteiger partial charge in [0.2, 0.25) is 0 Å². The van der Waals surface area contributed by atoms with Crippen molar-refractivity contribution in [3.05, 3.63) is 0 Å². The van der Waals surface area contributed by atoms with E-state index < -0.39 is 0 Å². The topological polar surface area (TPSA) is 43.0 Å². The molecule has 0 saturated carbocycles. The SMILES string of the molecule is COCCCOCCNN1CCOCC1. The van der Waals surface area contributed by atoms with Gasteiger partial charge in [0.1, 0.15) is 0 Å². The maximum Gasteiger partial charge on any atom is 0.0608 e. The minimum absolute atomic E-state index is 0.751. The third-order valence-electron chi connectivity index (χ3n) is 2.23. The quantitative estimate of drug-likeness (QED) is 0.575. The summed E-state index contributed by atoms with van der Waals surface area (Å²) in [6.45, 7) is 6.74. The molecule has 1 N–H and O–H groups in total. The highest BCUT2D eigenvalue weighted by Gasteiger charge is 2.08. The fourth-order valence-corrected chi connectivity index (χ4v) is 1.40. The summed E-state index contributed by atoms with van der Waals surface area (Å²) < 4.78 is 15.6. The molecule has 1 heterocycles. The molecular weight excluding hydrogens is 196 g/mol. The number of nitrogens with zero attached hydrogens (tertiary/aromatic N) is 1. The Bertz CT molecular complexity index is 141. The molecule has 90 valence electrons. The zero-order valence-electron chi connectivity index (χ0n) is 9.54. The number of hydrazine groups is 1.